The van der Waals surface area contributed by atoms with Gasteiger partial charge in [-0.15, -0.1) is 0 Å². The topological polar surface area (TPSA) is 4.44 Å². The van der Waals surface area contributed by atoms with Gasteiger partial charge in [0.15, 0.2) is 0 Å². The van der Waals surface area contributed by atoms with Crippen LogP contribution in [0.4, 0.5) is 0 Å². The minimum atomic E-state index is 0. The van der Waals surface area contributed by atoms with Crippen molar-refractivity contribution in [3.05, 3.63) is 0 Å². The molecular formula is C12H28NSn4+17. The van der Waals surface area contributed by atoms with Gasteiger partial charge in [-0.05, 0) is 19.3 Å². The predicted molar refractivity (Wildman–Crippen MR) is 83.3 cm³/mol. The van der Waals surface area contributed by atoms with E-state index in [0.29, 0.717) is 0 Å². The number of nitrogens with one attached hydrogen (secondary N) is 1. The van der Waals surface area contributed by atoms with Crippen molar-refractivity contribution in [2.75, 3.05) is 19.6 Å². The van der Waals surface area contributed by atoms with Crippen LogP contribution < -0.4 is 4.90 Å². The summed E-state index contributed by atoms with van der Waals surface area (Å²) in [5.74, 6) is 0. The molecular weight excluding hydrogens is 633 g/mol. The average molecular weight is 661 g/mol. The van der Waals surface area contributed by atoms with Gasteiger partial charge in [0.05, 0.1) is 19.6 Å². The van der Waals surface area contributed by atoms with Gasteiger partial charge in [-0.1, -0.05) is 40.0 Å². The molecule has 0 rings (SSSR count). The third-order valence-corrected chi connectivity index (χ3v) is 2.65. The van der Waals surface area contributed by atoms with Gasteiger partial charge in [-0.25, -0.2) is 0 Å². The smallest absolute Gasteiger partial charge is 0.335 e. The Labute approximate surface area is 177 Å². The van der Waals surface area contributed by atoms with E-state index < -0.39 is 0 Å². The zero-order chi connectivity index (χ0) is 9.94. The average Bonchev–Trinajstić information content (AvgIpc) is 2.17. The summed E-state index contributed by atoms with van der Waals surface area (Å²) >= 11 is 0. The molecule has 0 aliphatic heterocycles. The quantitative estimate of drug-likeness (QED) is 0.349. The van der Waals surface area contributed by atoms with Crippen molar-refractivity contribution in [1.82, 2.24) is 0 Å². The van der Waals surface area contributed by atoms with Crippen LogP contribution in [0.15, 0.2) is 0 Å². The molecule has 80 valence electrons. The van der Waals surface area contributed by atoms with Gasteiger partial charge >= 0.3 is 95.6 Å². The molecule has 0 bridgehead atoms. The fraction of sp³-hybridized carbons (Fsp3) is 1.00. The van der Waals surface area contributed by atoms with E-state index in [4.69, 9.17) is 0 Å². The molecule has 1 nitrogen and oxygen atoms in total. The predicted octanol–water partition coefficient (Wildman–Crippen LogP) is 0.748. The normalized spacial score (nSPS) is 8.47. The minimum absolute atomic E-state index is 0. The Bertz CT molecular complexity index is 85.5. The Balaban J connectivity index is -0.000000120. The maximum absolute atomic E-state index is 2.29. The molecule has 0 amide bonds. The first-order chi connectivity index (χ1) is 6.35. The first-order valence-electron chi connectivity index (χ1n) is 6.18. The second-order valence-electron chi connectivity index (χ2n) is 4.06. The molecule has 0 saturated carbocycles. The van der Waals surface area contributed by atoms with Crippen molar-refractivity contribution >= 4 is 95.6 Å². The zero-order valence-electron chi connectivity index (χ0n) is 11.9. The summed E-state index contributed by atoms with van der Waals surface area (Å²) in [4.78, 5) is 1.84. The monoisotopic (exact) mass is 666 g/mol. The fourth-order valence-electron chi connectivity index (χ4n) is 1.66. The second-order valence-corrected chi connectivity index (χ2v) is 4.06. The molecule has 0 aromatic rings. The molecule has 0 heterocycles. The van der Waals surface area contributed by atoms with Gasteiger partial charge in [0.25, 0.3) is 0 Å². The van der Waals surface area contributed by atoms with E-state index in [0.717, 1.165) is 0 Å². The molecule has 0 unspecified atom stereocenters. The van der Waals surface area contributed by atoms with E-state index in [1.807, 2.05) is 4.90 Å². The molecule has 5 heteroatoms. The molecule has 0 atom stereocenters. The summed E-state index contributed by atoms with van der Waals surface area (Å²) in [7, 11) is 0. The third kappa shape index (κ3) is 24.5. The van der Waals surface area contributed by atoms with Crippen molar-refractivity contribution in [2.45, 2.75) is 59.3 Å². The minimum Gasteiger partial charge on any atom is -0.335 e. The first-order valence-corrected chi connectivity index (χ1v) is 6.18. The summed E-state index contributed by atoms with van der Waals surface area (Å²) in [6.07, 6.45) is 8.26. The van der Waals surface area contributed by atoms with E-state index in [2.05, 4.69) is 20.8 Å². The van der Waals surface area contributed by atoms with Gasteiger partial charge in [0, 0.05) is 0 Å². The van der Waals surface area contributed by atoms with Gasteiger partial charge in [-0.2, -0.15) is 0 Å². The summed E-state index contributed by atoms with van der Waals surface area (Å²) in [6.45, 7) is 11.1. The summed E-state index contributed by atoms with van der Waals surface area (Å²) in [5, 5.41) is 0. The molecule has 0 aliphatic rings. The molecule has 0 spiro atoms. The Kier molecular flexibility index (Phi) is 52.1. The SMILES string of the molecule is CCCC[NH+](CCCC)CCCC.[Sn+4].[Sn+4].[Sn+4].[Sn+4]. The largest absolute Gasteiger partial charge is 4.00 e. The van der Waals surface area contributed by atoms with Crippen LogP contribution in [-0.2, 0) is 0 Å². The van der Waals surface area contributed by atoms with E-state index >= 15 is 0 Å². The maximum atomic E-state index is 2.29. The van der Waals surface area contributed by atoms with Crippen molar-refractivity contribution in [1.29, 1.82) is 0 Å². The second kappa shape index (κ2) is 27.5. The molecule has 17 heavy (non-hydrogen) atoms. The summed E-state index contributed by atoms with van der Waals surface area (Å²) in [6, 6.07) is 0. The van der Waals surface area contributed by atoms with Gasteiger partial charge in [0.1, 0.15) is 0 Å². The van der Waals surface area contributed by atoms with Crippen LogP contribution in [0.2, 0.25) is 0 Å². The third-order valence-electron chi connectivity index (χ3n) is 2.65. The van der Waals surface area contributed by atoms with Crippen LogP contribution in [0, 0.1) is 0 Å². The molecule has 1 N–H and O–H groups in total. The molecule has 0 saturated heterocycles. The Hall–Kier alpha value is 3.15. The van der Waals surface area contributed by atoms with Gasteiger partial charge in [-0.3, -0.25) is 0 Å². The molecule has 0 aromatic heterocycles. The van der Waals surface area contributed by atoms with Crippen molar-refractivity contribution < 1.29 is 4.90 Å². The van der Waals surface area contributed by atoms with E-state index in [-0.39, 0.29) is 95.6 Å². The van der Waals surface area contributed by atoms with E-state index in [9.17, 15) is 0 Å². The van der Waals surface area contributed by atoms with Gasteiger partial charge < -0.3 is 4.90 Å². The van der Waals surface area contributed by atoms with Crippen LogP contribution >= 0.6 is 0 Å². The number of hydrogen-bond donors (Lipinski definition) is 1. The standard InChI is InChI=1S/C12H27N.4Sn/c1-4-7-10-13(11-8-5-2)12-9-6-3;;;;/h4-12H2,1-3H3;;;;/q;4*+4/p+1. The van der Waals surface area contributed by atoms with Crippen LogP contribution in [-0.4, -0.2) is 115 Å². The summed E-state index contributed by atoms with van der Waals surface area (Å²) < 4.78 is 0. The zero-order valence-corrected chi connectivity index (χ0v) is 23.3. The number of rotatable bonds is 9. The molecule has 0 radical (unpaired) electrons. The first kappa shape index (κ1) is 32.2. The van der Waals surface area contributed by atoms with E-state index in [1.54, 1.807) is 0 Å². The van der Waals surface area contributed by atoms with Crippen molar-refractivity contribution in [3.63, 3.8) is 0 Å². The Morgan fingerprint density at radius 2 is 0.765 bits per heavy atom. The number of hydrogen-bond acceptors (Lipinski definition) is 0. The maximum Gasteiger partial charge on any atom is 4.00 e. The molecule has 0 aromatic carbocycles. The van der Waals surface area contributed by atoms with Crippen molar-refractivity contribution in [2.24, 2.45) is 0 Å². The number of quaternary nitrogens is 1. The molecule has 0 fully saturated rings. The summed E-state index contributed by atoms with van der Waals surface area (Å²) in [5.41, 5.74) is 0. The molecule has 0 aliphatic carbocycles. The van der Waals surface area contributed by atoms with Crippen molar-refractivity contribution in [3.8, 4) is 0 Å². The van der Waals surface area contributed by atoms with Crippen LogP contribution in [0.25, 0.3) is 0 Å². The fourth-order valence-corrected chi connectivity index (χ4v) is 1.66. The van der Waals surface area contributed by atoms with Crippen LogP contribution in [0.1, 0.15) is 59.3 Å². The Morgan fingerprint density at radius 3 is 0.941 bits per heavy atom. The van der Waals surface area contributed by atoms with Crippen LogP contribution in [0.5, 0.6) is 0 Å². The number of unbranched alkanes of at least 4 members (excludes halogenated alkanes) is 3. The van der Waals surface area contributed by atoms with Crippen LogP contribution in [0.3, 0.4) is 0 Å². The van der Waals surface area contributed by atoms with E-state index in [1.165, 1.54) is 58.2 Å². The van der Waals surface area contributed by atoms with Gasteiger partial charge in [0.2, 0.25) is 0 Å². The Morgan fingerprint density at radius 1 is 0.529 bits per heavy atom.